The van der Waals surface area contributed by atoms with Gasteiger partial charge in [0.15, 0.2) is 11.5 Å². The summed E-state index contributed by atoms with van der Waals surface area (Å²) < 4.78 is 0. The third-order valence-electron chi connectivity index (χ3n) is 3.02. The number of phenolic OH excluding ortho intramolecular Hbond substituents is 2. The second-order valence-electron chi connectivity index (χ2n) is 4.37. The normalized spacial score (nSPS) is 17.8. The zero-order valence-corrected chi connectivity index (χ0v) is 10.3. The molecule has 1 atom stereocenters. The summed E-state index contributed by atoms with van der Waals surface area (Å²) in [7, 11) is 0. The molecule has 1 unspecified atom stereocenters. The minimum absolute atomic E-state index is 0.00883. The molecular weight excluding hydrogens is 252 g/mol. The molecule has 7 heteroatoms. The van der Waals surface area contributed by atoms with E-state index < -0.39 is 12.0 Å². The lowest BCUT2D eigenvalue weighted by atomic mass is 10.0. The minimum Gasteiger partial charge on any atom is -0.504 e. The van der Waals surface area contributed by atoms with Crippen LogP contribution in [-0.4, -0.2) is 33.9 Å². The number of carbonyl (C=O) groups excluding carboxylic acids is 1. The Hall–Kier alpha value is -2.44. The number of aromatic hydroxyl groups is 2. The first-order chi connectivity index (χ1) is 8.90. The van der Waals surface area contributed by atoms with Crippen LogP contribution in [0.5, 0.6) is 11.5 Å². The van der Waals surface area contributed by atoms with Gasteiger partial charge < -0.3 is 20.6 Å². The Morgan fingerprint density at radius 2 is 2.00 bits per heavy atom. The number of amides is 2. The van der Waals surface area contributed by atoms with Crippen molar-refractivity contribution in [3.05, 3.63) is 17.7 Å². The van der Waals surface area contributed by atoms with Gasteiger partial charge in [-0.1, -0.05) is 0 Å². The molecule has 19 heavy (non-hydrogen) atoms. The van der Waals surface area contributed by atoms with Crippen molar-refractivity contribution in [2.75, 3.05) is 11.4 Å². The summed E-state index contributed by atoms with van der Waals surface area (Å²) in [6, 6.07) is 1.88. The molecule has 2 amide bonds. The number of phenols is 2. The maximum Gasteiger partial charge on any atom is 0.322 e. The first-order valence-electron chi connectivity index (χ1n) is 5.76. The van der Waals surface area contributed by atoms with Crippen LogP contribution in [0.3, 0.4) is 0 Å². The molecule has 0 aromatic heterocycles. The van der Waals surface area contributed by atoms with Crippen LogP contribution in [0.15, 0.2) is 12.1 Å². The standard InChI is InChI=1S/C12H14N2O5/c1-6-7-4-9(15)10(16)5-8(7)14(12(19)13-6)3-2-11(17)18/h4-6,15-16H,2-3H2,1H3,(H,13,19)(H,17,18). The van der Waals surface area contributed by atoms with E-state index in [1.807, 2.05) is 0 Å². The van der Waals surface area contributed by atoms with Crippen molar-refractivity contribution in [2.24, 2.45) is 0 Å². The highest BCUT2D eigenvalue weighted by Gasteiger charge is 2.29. The topological polar surface area (TPSA) is 110 Å². The lowest BCUT2D eigenvalue weighted by Gasteiger charge is -2.33. The molecule has 1 aliphatic rings. The van der Waals surface area contributed by atoms with Crippen LogP contribution >= 0.6 is 0 Å². The van der Waals surface area contributed by atoms with Crippen molar-refractivity contribution in [1.82, 2.24) is 5.32 Å². The first-order valence-corrected chi connectivity index (χ1v) is 5.76. The zero-order valence-electron chi connectivity index (χ0n) is 10.3. The van der Waals surface area contributed by atoms with Gasteiger partial charge in [-0.2, -0.15) is 0 Å². The molecule has 0 bridgehead atoms. The maximum atomic E-state index is 11.9. The lowest BCUT2D eigenvalue weighted by Crippen LogP contribution is -2.46. The molecule has 0 radical (unpaired) electrons. The SMILES string of the molecule is CC1NC(=O)N(CCC(=O)O)c2cc(O)c(O)cc21. The second kappa shape index (κ2) is 4.68. The number of nitrogens with one attached hydrogen (secondary N) is 1. The number of carboxylic acid groups (broad SMARTS) is 1. The summed E-state index contributed by atoms with van der Waals surface area (Å²) in [6.45, 7) is 1.73. The van der Waals surface area contributed by atoms with Crippen LogP contribution in [0, 0.1) is 0 Å². The summed E-state index contributed by atoms with van der Waals surface area (Å²) in [5, 5.41) is 30.3. The Bertz CT molecular complexity index is 543. The van der Waals surface area contributed by atoms with E-state index in [0.29, 0.717) is 11.3 Å². The predicted octanol–water partition coefficient (Wildman–Crippen LogP) is 1.16. The lowest BCUT2D eigenvalue weighted by molar-refractivity contribution is -0.136. The maximum absolute atomic E-state index is 11.9. The number of nitrogens with zero attached hydrogens (tertiary/aromatic N) is 1. The van der Waals surface area contributed by atoms with Crippen LogP contribution in [0.1, 0.15) is 24.9 Å². The average Bonchev–Trinajstić information content (AvgIpc) is 2.31. The van der Waals surface area contributed by atoms with Crippen molar-refractivity contribution in [1.29, 1.82) is 0 Å². The highest BCUT2D eigenvalue weighted by molar-refractivity contribution is 5.96. The fourth-order valence-corrected chi connectivity index (χ4v) is 2.04. The molecule has 0 aliphatic carbocycles. The molecule has 2 rings (SSSR count). The Labute approximate surface area is 109 Å². The number of carboxylic acids is 1. The second-order valence-corrected chi connectivity index (χ2v) is 4.37. The van der Waals surface area contributed by atoms with Crippen molar-refractivity contribution in [3.63, 3.8) is 0 Å². The van der Waals surface area contributed by atoms with Gasteiger partial charge in [-0.25, -0.2) is 4.79 Å². The first kappa shape index (κ1) is 13.0. The summed E-state index contributed by atoms with van der Waals surface area (Å²) in [5.41, 5.74) is 1.04. The molecule has 4 N–H and O–H groups in total. The number of hydrogen-bond acceptors (Lipinski definition) is 4. The molecule has 0 spiro atoms. The van der Waals surface area contributed by atoms with E-state index in [4.69, 9.17) is 5.11 Å². The van der Waals surface area contributed by atoms with Gasteiger partial charge in [-0.05, 0) is 13.0 Å². The van der Waals surface area contributed by atoms with Crippen LogP contribution in [-0.2, 0) is 4.79 Å². The van der Waals surface area contributed by atoms with E-state index >= 15 is 0 Å². The number of carbonyl (C=O) groups is 2. The fourth-order valence-electron chi connectivity index (χ4n) is 2.04. The minimum atomic E-state index is -1.02. The van der Waals surface area contributed by atoms with Gasteiger partial charge in [0.2, 0.25) is 0 Å². The van der Waals surface area contributed by atoms with Crippen molar-refractivity contribution >= 4 is 17.7 Å². The molecule has 1 aromatic rings. The van der Waals surface area contributed by atoms with Crippen LogP contribution < -0.4 is 10.2 Å². The molecule has 0 saturated heterocycles. The van der Waals surface area contributed by atoms with E-state index in [9.17, 15) is 19.8 Å². The third kappa shape index (κ3) is 2.40. The molecule has 7 nitrogen and oxygen atoms in total. The predicted molar refractivity (Wildman–Crippen MR) is 66.3 cm³/mol. The van der Waals surface area contributed by atoms with Gasteiger partial charge in [-0.15, -0.1) is 0 Å². The molecular formula is C12H14N2O5. The number of fused-ring (bicyclic) bond motifs is 1. The summed E-state index contributed by atoms with van der Waals surface area (Å²) in [6.07, 6.45) is -0.205. The summed E-state index contributed by atoms with van der Waals surface area (Å²) >= 11 is 0. The summed E-state index contributed by atoms with van der Waals surface area (Å²) in [5.74, 6) is -1.64. The summed E-state index contributed by atoms with van der Waals surface area (Å²) in [4.78, 5) is 23.7. The number of urea groups is 1. The smallest absolute Gasteiger partial charge is 0.322 e. The molecule has 1 aliphatic heterocycles. The molecule has 1 heterocycles. The number of benzene rings is 1. The Balaban J connectivity index is 2.41. The Kier molecular flexibility index (Phi) is 3.20. The monoisotopic (exact) mass is 266 g/mol. The van der Waals surface area contributed by atoms with E-state index in [1.54, 1.807) is 6.92 Å². The molecule has 102 valence electrons. The van der Waals surface area contributed by atoms with Crippen molar-refractivity contribution in [3.8, 4) is 11.5 Å². The Morgan fingerprint density at radius 1 is 1.37 bits per heavy atom. The van der Waals surface area contributed by atoms with Crippen LogP contribution in [0.4, 0.5) is 10.5 Å². The van der Waals surface area contributed by atoms with Gasteiger partial charge in [0.1, 0.15) is 0 Å². The third-order valence-corrected chi connectivity index (χ3v) is 3.02. The molecule has 0 saturated carbocycles. The van der Waals surface area contributed by atoms with Crippen LogP contribution in [0.2, 0.25) is 0 Å². The van der Waals surface area contributed by atoms with E-state index in [-0.39, 0.29) is 30.5 Å². The average molecular weight is 266 g/mol. The van der Waals surface area contributed by atoms with Gasteiger partial charge in [0.05, 0.1) is 18.2 Å². The van der Waals surface area contributed by atoms with Crippen molar-refractivity contribution < 1.29 is 24.9 Å². The van der Waals surface area contributed by atoms with Gasteiger partial charge >= 0.3 is 12.0 Å². The van der Waals surface area contributed by atoms with Gasteiger partial charge in [-0.3, -0.25) is 9.69 Å². The zero-order chi connectivity index (χ0) is 14.2. The highest BCUT2D eigenvalue weighted by atomic mass is 16.4. The van der Waals surface area contributed by atoms with E-state index in [0.717, 1.165) is 0 Å². The number of anilines is 1. The quantitative estimate of drug-likeness (QED) is 0.614. The molecule has 1 aromatic carbocycles. The number of hydrogen-bond donors (Lipinski definition) is 4. The van der Waals surface area contributed by atoms with Gasteiger partial charge in [0.25, 0.3) is 0 Å². The number of rotatable bonds is 3. The van der Waals surface area contributed by atoms with E-state index in [2.05, 4.69) is 5.32 Å². The molecule has 0 fully saturated rings. The highest BCUT2D eigenvalue weighted by Crippen LogP contribution is 2.38. The van der Waals surface area contributed by atoms with E-state index in [1.165, 1.54) is 17.0 Å². The largest absolute Gasteiger partial charge is 0.504 e. The Morgan fingerprint density at radius 3 is 2.63 bits per heavy atom. The van der Waals surface area contributed by atoms with Crippen molar-refractivity contribution in [2.45, 2.75) is 19.4 Å². The fraction of sp³-hybridized carbons (Fsp3) is 0.333. The van der Waals surface area contributed by atoms with Crippen LogP contribution in [0.25, 0.3) is 0 Å². The van der Waals surface area contributed by atoms with Gasteiger partial charge in [0, 0.05) is 18.2 Å². The number of aliphatic carboxylic acids is 1.